The fraction of sp³-hybridized carbons (Fsp3) is 0.160. The van der Waals surface area contributed by atoms with Crippen LogP contribution in [0.15, 0.2) is 66.7 Å². The molecule has 0 aliphatic carbocycles. The molecule has 3 aromatic rings. The van der Waals surface area contributed by atoms with Crippen LogP contribution in [0.4, 0.5) is 11.4 Å². The summed E-state index contributed by atoms with van der Waals surface area (Å²) in [6, 6.07) is 16.9. The molecule has 9 nitrogen and oxygen atoms in total. The first-order valence-electron chi connectivity index (χ1n) is 10.5. The molecular formula is C25H22ClN3O6. The van der Waals surface area contributed by atoms with Gasteiger partial charge in [0.05, 0.1) is 32.8 Å². The SMILES string of the molecule is Cc1ccccc1C(C)NC(=O)COC(=O)c1ccccc1NC(=O)c1ccc([N+](=O)[O-])cc1Cl. The van der Waals surface area contributed by atoms with E-state index >= 15 is 0 Å². The molecule has 0 fully saturated rings. The molecule has 0 aliphatic heterocycles. The topological polar surface area (TPSA) is 128 Å². The van der Waals surface area contributed by atoms with Crippen LogP contribution in [0.1, 0.15) is 44.8 Å². The lowest BCUT2D eigenvalue weighted by atomic mass is 10.0. The van der Waals surface area contributed by atoms with Crippen LogP contribution >= 0.6 is 11.6 Å². The number of carbonyl (C=O) groups is 3. The number of para-hydroxylation sites is 1. The quantitative estimate of drug-likeness (QED) is 0.261. The molecule has 35 heavy (non-hydrogen) atoms. The Hall–Kier alpha value is -4.24. The molecule has 1 atom stereocenters. The van der Waals surface area contributed by atoms with Gasteiger partial charge < -0.3 is 15.4 Å². The molecule has 0 spiro atoms. The summed E-state index contributed by atoms with van der Waals surface area (Å²) in [4.78, 5) is 47.8. The second kappa shape index (κ2) is 11.3. The molecule has 0 radical (unpaired) electrons. The van der Waals surface area contributed by atoms with Gasteiger partial charge >= 0.3 is 5.97 Å². The molecule has 3 rings (SSSR count). The fourth-order valence-corrected chi connectivity index (χ4v) is 3.66. The number of nitrogens with zero attached hydrogens (tertiary/aromatic N) is 1. The van der Waals surface area contributed by atoms with Crippen molar-refractivity contribution in [3.63, 3.8) is 0 Å². The molecule has 1 unspecified atom stereocenters. The molecule has 0 aromatic heterocycles. The second-order valence-corrected chi connectivity index (χ2v) is 8.05. The number of benzene rings is 3. The minimum absolute atomic E-state index is 0.00925. The number of halogens is 1. The smallest absolute Gasteiger partial charge is 0.340 e. The third-order valence-corrected chi connectivity index (χ3v) is 5.48. The zero-order valence-electron chi connectivity index (χ0n) is 18.9. The van der Waals surface area contributed by atoms with Crippen molar-refractivity contribution in [2.75, 3.05) is 11.9 Å². The normalized spacial score (nSPS) is 11.3. The zero-order valence-corrected chi connectivity index (χ0v) is 19.7. The Kier molecular flexibility index (Phi) is 8.17. The Morgan fingerprint density at radius 2 is 1.71 bits per heavy atom. The number of carbonyl (C=O) groups excluding carboxylic acids is 3. The van der Waals surface area contributed by atoms with E-state index < -0.39 is 29.3 Å². The monoisotopic (exact) mass is 495 g/mol. The van der Waals surface area contributed by atoms with Crippen molar-refractivity contribution in [1.82, 2.24) is 5.32 Å². The van der Waals surface area contributed by atoms with E-state index in [1.807, 2.05) is 38.1 Å². The maximum Gasteiger partial charge on any atom is 0.340 e. The summed E-state index contributed by atoms with van der Waals surface area (Å²) in [6.07, 6.45) is 0. The first kappa shape index (κ1) is 25.4. The van der Waals surface area contributed by atoms with Gasteiger partial charge in [-0.05, 0) is 43.2 Å². The standard InChI is InChI=1S/C25H22ClN3O6/c1-15-7-3-4-8-18(15)16(2)27-23(30)14-35-25(32)20-9-5-6-10-22(20)28-24(31)19-12-11-17(29(33)34)13-21(19)26/h3-13,16H,14H2,1-2H3,(H,27,30)(H,28,31). The average molecular weight is 496 g/mol. The van der Waals surface area contributed by atoms with E-state index in [9.17, 15) is 24.5 Å². The van der Waals surface area contributed by atoms with Gasteiger partial charge in [0.25, 0.3) is 17.5 Å². The first-order chi connectivity index (χ1) is 16.7. The number of hydrogen-bond acceptors (Lipinski definition) is 6. The van der Waals surface area contributed by atoms with Gasteiger partial charge in [-0.2, -0.15) is 0 Å². The van der Waals surface area contributed by atoms with E-state index in [2.05, 4.69) is 10.6 Å². The summed E-state index contributed by atoms with van der Waals surface area (Å²) in [7, 11) is 0. The minimum Gasteiger partial charge on any atom is -0.452 e. The molecule has 3 aromatic carbocycles. The highest BCUT2D eigenvalue weighted by Gasteiger charge is 2.20. The Morgan fingerprint density at radius 1 is 1.03 bits per heavy atom. The lowest BCUT2D eigenvalue weighted by Crippen LogP contribution is -2.31. The van der Waals surface area contributed by atoms with E-state index in [0.717, 1.165) is 23.3 Å². The lowest BCUT2D eigenvalue weighted by Gasteiger charge is -2.17. The summed E-state index contributed by atoms with van der Waals surface area (Å²) < 4.78 is 5.15. The molecule has 2 amide bonds. The van der Waals surface area contributed by atoms with E-state index in [0.29, 0.717) is 0 Å². The minimum atomic E-state index is -0.811. The Balaban J connectivity index is 1.64. The number of anilines is 1. The van der Waals surface area contributed by atoms with Gasteiger partial charge in [-0.1, -0.05) is 48.0 Å². The van der Waals surface area contributed by atoms with E-state index in [-0.39, 0.29) is 33.6 Å². The van der Waals surface area contributed by atoms with Crippen molar-refractivity contribution < 1.29 is 24.0 Å². The summed E-state index contributed by atoms with van der Waals surface area (Å²) in [6.45, 7) is 3.26. The van der Waals surface area contributed by atoms with Crippen LogP contribution in [-0.2, 0) is 9.53 Å². The van der Waals surface area contributed by atoms with Gasteiger partial charge in [-0.15, -0.1) is 0 Å². The van der Waals surface area contributed by atoms with Crippen LogP contribution in [-0.4, -0.2) is 29.3 Å². The first-order valence-corrected chi connectivity index (χ1v) is 10.9. The summed E-state index contributed by atoms with van der Waals surface area (Å²) in [5.41, 5.74) is 1.86. The van der Waals surface area contributed by atoms with Crippen LogP contribution in [0.25, 0.3) is 0 Å². The van der Waals surface area contributed by atoms with Crippen LogP contribution < -0.4 is 10.6 Å². The van der Waals surface area contributed by atoms with Crippen LogP contribution in [0, 0.1) is 17.0 Å². The van der Waals surface area contributed by atoms with Gasteiger partial charge in [0.15, 0.2) is 6.61 Å². The maximum absolute atomic E-state index is 12.7. The van der Waals surface area contributed by atoms with Gasteiger partial charge in [0.1, 0.15) is 0 Å². The van der Waals surface area contributed by atoms with Crippen LogP contribution in [0.3, 0.4) is 0 Å². The molecular weight excluding hydrogens is 474 g/mol. The Bertz CT molecular complexity index is 1290. The van der Waals surface area contributed by atoms with E-state index in [1.54, 1.807) is 12.1 Å². The Labute approximate surface area is 206 Å². The summed E-state index contributed by atoms with van der Waals surface area (Å²) >= 11 is 6.02. The third kappa shape index (κ3) is 6.42. The average Bonchev–Trinajstić information content (AvgIpc) is 2.82. The predicted molar refractivity (Wildman–Crippen MR) is 131 cm³/mol. The molecule has 0 aliphatic rings. The summed E-state index contributed by atoms with van der Waals surface area (Å²) in [5.74, 6) is -1.96. The molecule has 2 N–H and O–H groups in total. The second-order valence-electron chi connectivity index (χ2n) is 7.64. The van der Waals surface area contributed by atoms with Crippen molar-refractivity contribution in [3.05, 3.63) is 104 Å². The molecule has 0 saturated carbocycles. The number of nitrogens with one attached hydrogen (secondary N) is 2. The highest BCUT2D eigenvalue weighted by atomic mass is 35.5. The predicted octanol–water partition coefficient (Wildman–Crippen LogP) is 4.84. The van der Waals surface area contributed by atoms with Crippen molar-refractivity contribution in [1.29, 1.82) is 0 Å². The summed E-state index contributed by atoms with van der Waals surface area (Å²) in [5, 5.41) is 16.1. The number of amides is 2. The van der Waals surface area contributed by atoms with Crippen molar-refractivity contribution >= 4 is 40.8 Å². The van der Waals surface area contributed by atoms with Gasteiger partial charge in [-0.3, -0.25) is 19.7 Å². The van der Waals surface area contributed by atoms with Crippen molar-refractivity contribution in [3.8, 4) is 0 Å². The zero-order chi connectivity index (χ0) is 25.5. The van der Waals surface area contributed by atoms with Gasteiger partial charge in [-0.25, -0.2) is 4.79 Å². The number of rotatable bonds is 8. The largest absolute Gasteiger partial charge is 0.452 e. The number of hydrogen-bond donors (Lipinski definition) is 2. The van der Waals surface area contributed by atoms with Crippen LogP contribution in [0.5, 0.6) is 0 Å². The number of esters is 1. The van der Waals surface area contributed by atoms with E-state index in [1.165, 1.54) is 18.2 Å². The highest BCUT2D eigenvalue weighted by Crippen LogP contribution is 2.24. The number of ether oxygens (including phenoxy) is 1. The van der Waals surface area contributed by atoms with Gasteiger partial charge in [0, 0.05) is 12.1 Å². The number of aryl methyl sites for hydroxylation is 1. The molecule has 0 bridgehead atoms. The third-order valence-electron chi connectivity index (χ3n) is 5.17. The van der Waals surface area contributed by atoms with Crippen molar-refractivity contribution in [2.24, 2.45) is 0 Å². The van der Waals surface area contributed by atoms with Crippen LogP contribution in [0.2, 0.25) is 5.02 Å². The lowest BCUT2D eigenvalue weighted by molar-refractivity contribution is -0.384. The Morgan fingerprint density at radius 3 is 2.40 bits per heavy atom. The number of nitro groups is 1. The maximum atomic E-state index is 12.7. The highest BCUT2D eigenvalue weighted by molar-refractivity contribution is 6.34. The fourth-order valence-electron chi connectivity index (χ4n) is 3.40. The van der Waals surface area contributed by atoms with E-state index in [4.69, 9.17) is 16.3 Å². The van der Waals surface area contributed by atoms with Crippen molar-refractivity contribution in [2.45, 2.75) is 19.9 Å². The molecule has 0 saturated heterocycles. The molecule has 180 valence electrons. The number of non-ortho nitro benzene ring substituents is 1. The van der Waals surface area contributed by atoms with Gasteiger partial charge in [0.2, 0.25) is 0 Å². The molecule has 10 heteroatoms. The number of nitro benzene ring substituents is 1. The molecule has 0 heterocycles.